The molecule has 1 aliphatic carbocycles. The Bertz CT molecular complexity index is 557. The highest BCUT2D eigenvalue weighted by Gasteiger charge is 2.27. The second-order valence-electron chi connectivity index (χ2n) is 4.76. The molecule has 1 aromatic rings. The zero-order valence-corrected chi connectivity index (χ0v) is 12.6. The molecule has 0 bridgehead atoms. The van der Waals surface area contributed by atoms with Gasteiger partial charge in [0.05, 0.1) is 5.75 Å². The summed E-state index contributed by atoms with van der Waals surface area (Å²) in [6.45, 7) is 2.49. The predicted octanol–water partition coefficient (Wildman–Crippen LogP) is 0.747. The van der Waals surface area contributed by atoms with E-state index in [0.29, 0.717) is 24.8 Å². The maximum Gasteiger partial charge on any atom is 0.213 e. The lowest BCUT2D eigenvalue weighted by Crippen LogP contribution is -2.29. The molecular weight excluding hydrogens is 278 g/mol. The summed E-state index contributed by atoms with van der Waals surface area (Å²) >= 11 is 0. The molecule has 0 atom stereocenters. The molecule has 2 rings (SSSR count). The van der Waals surface area contributed by atoms with Crippen LogP contribution in [0.15, 0.2) is 6.07 Å². The molecule has 112 valence electrons. The molecule has 0 aliphatic heterocycles. The first-order chi connectivity index (χ1) is 9.54. The Balaban J connectivity index is 1.97. The van der Waals surface area contributed by atoms with Crippen LogP contribution < -0.4 is 15.4 Å². The first-order valence-electron chi connectivity index (χ1n) is 6.82. The Hall–Kier alpha value is -1.41. The quantitative estimate of drug-likeness (QED) is 0.655. The molecule has 8 heteroatoms. The van der Waals surface area contributed by atoms with Crippen molar-refractivity contribution >= 4 is 21.7 Å². The minimum atomic E-state index is -3.20. The molecule has 0 amide bonds. The summed E-state index contributed by atoms with van der Waals surface area (Å²) in [5.41, 5.74) is 0. The Morgan fingerprint density at radius 3 is 2.60 bits per heavy atom. The summed E-state index contributed by atoms with van der Waals surface area (Å²) in [4.78, 5) is 8.84. The molecule has 0 unspecified atom stereocenters. The van der Waals surface area contributed by atoms with Gasteiger partial charge in [0.1, 0.15) is 17.5 Å². The van der Waals surface area contributed by atoms with Crippen molar-refractivity contribution in [1.29, 1.82) is 0 Å². The fourth-order valence-electron chi connectivity index (χ4n) is 1.81. The van der Waals surface area contributed by atoms with Gasteiger partial charge in [0.2, 0.25) is 10.0 Å². The average Bonchev–Trinajstić information content (AvgIpc) is 3.22. The number of hydrogen-bond donors (Lipinski definition) is 3. The molecule has 0 spiro atoms. The van der Waals surface area contributed by atoms with Gasteiger partial charge in [-0.25, -0.2) is 23.1 Å². The van der Waals surface area contributed by atoms with Crippen molar-refractivity contribution in [3.05, 3.63) is 11.9 Å². The van der Waals surface area contributed by atoms with E-state index in [9.17, 15) is 8.42 Å². The Labute approximate surface area is 119 Å². The number of anilines is 2. The van der Waals surface area contributed by atoms with Crippen LogP contribution in [0.5, 0.6) is 0 Å². The minimum absolute atomic E-state index is 0.0263. The van der Waals surface area contributed by atoms with Crippen LogP contribution >= 0.6 is 0 Å². The van der Waals surface area contributed by atoms with E-state index in [-0.39, 0.29) is 5.75 Å². The molecule has 0 radical (unpaired) electrons. The second-order valence-corrected chi connectivity index (χ2v) is 6.69. The van der Waals surface area contributed by atoms with E-state index in [1.165, 1.54) is 0 Å². The average molecular weight is 299 g/mol. The molecule has 1 heterocycles. The third-order valence-corrected chi connectivity index (χ3v) is 4.45. The molecule has 1 saturated carbocycles. The van der Waals surface area contributed by atoms with Gasteiger partial charge in [0.15, 0.2) is 0 Å². The number of rotatable bonds is 8. The molecule has 0 saturated heterocycles. The summed E-state index contributed by atoms with van der Waals surface area (Å²) in [7, 11) is -1.40. The zero-order valence-electron chi connectivity index (χ0n) is 11.8. The van der Waals surface area contributed by atoms with E-state index in [0.717, 1.165) is 24.5 Å². The number of hydrogen-bond acceptors (Lipinski definition) is 6. The van der Waals surface area contributed by atoms with Crippen molar-refractivity contribution in [1.82, 2.24) is 14.7 Å². The zero-order chi connectivity index (χ0) is 14.6. The van der Waals surface area contributed by atoms with Crippen LogP contribution in [-0.4, -0.2) is 44.3 Å². The van der Waals surface area contributed by atoms with Crippen molar-refractivity contribution < 1.29 is 8.42 Å². The number of nitrogens with one attached hydrogen (secondary N) is 3. The van der Waals surface area contributed by atoms with Gasteiger partial charge in [-0.3, -0.25) is 0 Å². The van der Waals surface area contributed by atoms with Gasteiger partial charge in [0.25, 0.3) is 0 Å². The summed E-state index contributed by atoms with van der Waals surface area (Å²) in [6, 6.07) is 1.78. The molecule has 1 aromatic heterocycles. The third-order valence-electron chi connectivity index (χ3n) is 2.98. The van der Waals surface area contributed by atoms with Crippen LogP contribution in [-0.2, 0) is 10.0 Å². The fourth-order valence-corrected chi connectivity index (χ4v) is 2.77. The van der Waals surface area contributed by atoms with Gasteiger partial charge >= 0.3 is 0 Å². The van der Waals surface area contributed by atoms with E-state index < -0.39 is 10.0 Å². The Morgan fingerprint density at radius 1 is 1.30 bits per heavy atom. The van der Waals surface area contributed by atoms with Crippen molar-refractivity contribution in [3.8, 4) is 0 Å². The number of aromatic nitrogens is 2. The van der Waals surface area contributed by atoms with E-state index >= 15 is 0 Å². The minimum Gasteiger partial charge on any atom is -0.373 e. The van der Waals surface area contributed by atoms with Gasteiger partial charge in [-0.2, -0.15) is 0 Å². The molecule has 20 heavy (non-hydrogen) atoms. The molecule has 1 fully saturated rings. The summed E-state index contributed by atoms with van der Waals surface area (Å²) in [5, 5.41) is 6.04. The third kappa shape index (κ3) is 4.31. The van der Waals surface area contributed by atoms with Crippen LogP contribution in [0.4, 0.5) is 11.6 Å². The monoisotopic (exact) mass is 299 g/mol. The van der Waals surface area contributed by atoms with E-state index in [2.05, 4.69) is 25.3 Å². The lowest BCUT2D eigenvalue weighted by molar-refractivity contribution is 0.584. The van der Waals surface area contributed by atoms with Crippen LogP contribution in [0, 0.1) is 0 Å². The fraction of sp³-hybridized carbons (Fsp3) is 0.667. The summed E-state index contributed by atoms with van der Waals surface area (Å²) in [6.07, 6.45) is 2.25. The molecule has 3 N–H and O–H groups in total. The number of nitrogens with zero attached hydrogens (tertiary/aromatic N) is 2. The topological polar surface area (TPSA) is 96.0 Å². The molecule has 1 aliphatic rings. The maximum absolute atomic E-state index is 11.5. The van der Waals surface area contributed by atoms with Crippen molar-refractivity contribution in [2.24, 2.45) is 0 Å². The predicted molar refractivity (Wildman–Crippen MR) is 79.5 cm³/mol. The maximum atomic E-state index is 11.5. The highest BCUT2D eigenvalue weighted by atomic mass is 32.2. The van der Waals surface area contributed by atoms with Crippen molar-refractivity contribution in [3.63, 3.8) is 0 Å². The standard InChI is InChI=1S/C12H21N5O2S/c1-3-15-20(18,19)7-6-14-11-8-10(13-2)16-12(17-11)9-4-5-9/h8-9,15H,3-7H2,1-2H3,(H2,13,14,16,17). The molecular formula is C12H21N5O2S. The van der Waals surface area contributed by atoms with Crippen LogP contribution in [0.1, 0.15) is 31.5 Å². The number of sulfonamides is 1. The summed E-state index contributed by atoms with van der Waals surface area (Å²) in [5.74, 6) is 2.72. The Kier molecular flexibility index (Phi) is 4.77. The lowest BCUT2D eigenvalue weighted by atomic mass is 10.3. The Morgan fingerprint density at radius 2 is 2.00 bits per heavy atom. The van der Waals surface area contributed by atoms with Crippen molar-refractivity contribution in [2.75, 3.05) is 36.5 Å². The largest absolute Gasteiger partial charge is 0.373 e. The normalized spacial score (nSPS) is 15.1. The molecule has 7 nitrogen and oxygen atoms in total. The van der Waals surface area contributed by atoms with Gasteiger partial charge in [0, 0.05) is 32.1 Å². The van der Waals surface area contributed by atoms with E-state index in [1.807, 2.05) is 0 Å². The van der Waals surface area contributed by atoms with Gasteiger partial charge in [-0.05, 0) is 12.8 Å². The first-order valence-corrected chi connectivity index (χ1v) is 8.47. The molecule has 0 aromatic carbocycles. The van der Waals surface area contributed by atoms with Crippen LogP contribution in [0.25, 0.3) is 0 Å². The van der Waals surface area contributed by atoms with Crippen molar-refractivity contribution in [2.45, 2.75) is 25.7 Å². The first kappa shape index (κ1) is 15.0. The highest BCUT2D eigenvalue weighted by molar-refractivity contribution is 7.89. The van der Waals surface area contributed by atoms with Gasteiger partial charge in [-0.15, -0.1) is 0 Å². The van der Waals surface area contributed by atoms with Gasteiger partial charge in [-0.1, -0.05) is 6.92 Å². The second kappa shape index (κ2) is 6.36. The van der Waals surface area contributed by atoms with E-state index in [4.69, 9.17) is 0 Å². The summed E-state index contributed by atoms with van der Waals surface area (Å²) < 4.78 is 25.5. The van der Waals surface area contributed by atoms with Crippen LogP contribution in [0.3, 0.4) is 0 Å². The van der Waals surface area contributed by atoms with Gasteiger partial charge < -0.3 is 10.6 Å². The van der Waals surface area contributed by atoms with E-state index in [1.54, 1.807) is 20.0 Å². The SMILES string of the molecule is CCNS(=O)(=O)CCNc1cc(NC)nc(C2CC2)n1. The smallest absolute Gasteiger partial charge is 0.213 e. The highest BCUT2D eigenvalue weighted by Crippen LogP contribution is 2.38. The lowest BCUT2D eigenvalue weighted by Gasteiger charge is -2.10. The van der Waals surface area contributed by atoms with Crippen LogP contribution in [0.2, 0.25) is 0 Å².